The highest BCUT2D eigenvalue weighted by atomic mass is 16.5. The first-order chi connectivity index (χ1) is 9.52. The van der Waals surface area contributed by atoms with Crippen molar-refractivity contribution < 1.29 is 14.3 Å². The molecule has 3 saturated carbocycles. The van der Waals surface area contributed by atoms with E-state index in [1.165, 1.54) is 12.8 Å². The largest absolute Gasteiger partial charge is 0.465 e. The molecule has 0 bridgehead atoms. The van der Waals surface area contributed by atoms with Gasteiger partial charge in [0, 0.05) is 12.3 Å². The van der Waals surface area contributed by atoms with E-state index in [-0.39, 0.29) is 23.2 Å². The fraction of sp³-hybridized carbons (Fsp3) is 0.882. The Kier molecular flexibility index (Phi) is 3.64. The number of carbonyl (C=O) groups is 2. The number of carbonyl (C=O) groups excluding carboxylic acids is 2. The molecule has 3 aliphatic carbocycles. The van der Waals surface area contributed by atoms with Gasteiger partial charge in [-0.15, -0.1) is 0 Å². The molecule has 3 fully saturated rings. The molecular formula is C17H26O3. The molecule has 0 spiro atoms. The van der Waals surface area contributed by atoms with E-state index in [4.69, 9.17) is 4.74 Å². The molecule has 0 saturated heterocycles. The van der Waals surface area contributed by atoms with E-state index in [0.717, 1.165) is 32.1 Å². The Morgan fingerprint density at radius 2 is 2.10 bits per heavy atom. The molecule has 3 heteroatoms. The molecule has 3 aliphatic rings. The first-order valence-corrected chi connectivity index (χ1v) is 8.21. The maximum atomic E-state index is 12.3. The summed E-state index contributed by atoms with van der Waals surface area (Å²) >= 11 is 0. The lowest BCUT2D eigenvalue weighted by molar-refractivity contribution is -0.153. The van der Waals surface area contributed by atoms with Crippen molar-refractivity contribution >= 4 is 11.8 Å². The van der Waals surface area contributed by atoms with Gasteiger partial charge in [-0.2, -0.15) is 0 Å². The minimum Gasteiger partial charge on any atom is -0.465 e. The van der Waals surface area contributed by atoms with Gasteiger partial charge in [-0.05, 0) is 55.8 Å². The number of rotatable bonds is 4. The molecule has 1 unspecified atom stereocenters. The van der Waals surface area contributed by atoms with Gasteiger partial charge < -0.3 is 4.74 Å². The standard InChI is InChI=1S/C17H26O3/c1-11(16(19)20-10-12-5-6-12)13-7-8-14-15(18)4-3-9-17(13,14)2/h11-14H,3-10H2,1-2H3/t11?,13-,14+,17-/m1/s1. The number of esters is 1. The van der Waals surface area contributed by atoms with Crippen molar-refractivity contribution in [2.75, 3.05) is 6.61 Å². The summed E-state index contributed by atoms with van der Waals surface area (Å²) in [6, 6.07) is 0. The molecule has 0 aromatic rings. The first kappa shape index (κ1) is 14.1. The molecule has 0 aliphatic heterocycles. The summed E-state index contributed by atoms with van der Waals surface area (Å²) < 4.78 is 5.47. The maximum Gasteiger partial charge on any atom is 0.308 e. The molecule has 0 aromatic heterocycles. The topological polar surface area (TPSA) is 43.4 Å². The van der Waals surface area contributed by atoms with E-state index in [1.807, 2.05) is 6.92 Å². The maximum absolute atomic E-state index is 12.3. The van der Waals surface area contributed by atoms with Crippen LogP contribution in [-0.4, -0.2) is 18.4 Å². The molecule has 3 rings (SSSR count). The minimum atomic E-state index is -0.0605. The number of ketones is 1. The van der Waals surface area contributed by atoms with Crippen molar-refractivity contribution in [3.05, 3.63) is 0 Å². The number of ether oxygens (including phenoxy) is 1. The summed E-state index contributed by atoms with van der Waals surface area (Å²) in [6.07, 6.45) is 7.22. The molecule has 0 heterocycles. The van der Waals surface area contributed by atoms with Gasteiger partial charge in [0.05, 0.1) is 12.5 Å². The van der Waals surface area contributed by atoms with E-state index in [9.17, 15) is 9.59 Å². The van der Waals surface area contributed by atoms with Gasteiger partial charge in [0.25, 0.3) is 0 Å². The highest BCUT2D eigenvalue weighted by Gasteiger charge is 2.53. The van der Waals surface area contributed by atoms with Crippen LogP contribution in [0.3, 0.4) is 0 Å². The van der Waals surface area contributed by atoms with Gasteiger partial charge >= 0.3 is 5.97 Å². The van der Waals surface area contributed by atoms with Crippen molar-refractivity contribution in [1.82, 2.24) is 0 Å². The second-order valence-corrected chi connectivity index (χ2v) is 7.42. The number of Topliss-reactive ketones (excluding diaryl/α,β-unsaturated/α-hetero) is 1. The van der Waals surface area contributed by atoms with Crippen molar-refractivity contribution in [3.8, 4) is 0 Å². The Labute approximate surface area is 121 Å². The fourth-order valence-electron chi connectivity index (χ4n) is 4.57. The van der Waals surface area contributed by atoms with E-state index < -0.39 is 0 Å². The third-order valence-electron chi connectivity index (χ3n) is 6.07. The van der Waals surface area contributed by atoms with Crippen molar-refractivity contribution in [3.63, 3.8) is 0 Å². The number of hydrogen-bond donors (Lipinski definition) is 0. The molecular weight excluding hydrogens is 252 g/mol. The molecule has 4 atom stereocenters. The van der Waals surface area contributed by atoms with Crippen molar-refractivity contribution in [2.24, 2.45) is 29.1 Å². The van der Waals surface area contributed by atoms with Crippen LogP contribution in [0, 0.1) is 29.1 Å². The SMILES string of the molecule is CC(C(=O)OCC1CC1)[C@H]1CC[C@H]2C(=O)CCC[C@]12C. The third kappa shape index (κ3) is 2.40. The van der Waals surface area contributed by atoms with Crippen LogP contribution >= 0.6 is 0 Å². The summed E-state index contributed by atoms with van der Waals surface area (Å²) in [5.74, 6) is 1.47. The molecule has 0 amide bonds. The Balaban J connectivity index is 1.66. The van der Waals surface area contributed by atoms with Crippen LogP contribution < -0.4 is 0 Å². The summed E-state index contributed by atoms with van der Waals surface area (Å²) in [6.45, 7) is 4.85. The Morgan fingerprint density at radius 1 is 1.35 bits per heavy atom. The lowest BCUT2D eigenvalue weighted by Crippen LogP contribution is -2.41. The van der Waals surface area contributed by atoms with Gasteiger partial charge in [-0.1, -0.05) is 13.8 Å². The summed E-state index contributed by atoms with van der Waals surface area (Å²) in [7, 11) is 0. The van der Waals surface area contributed by atoms with Crippen LogP contribution in [0.25, 0.3) is 0 Å². The van der Waals surface area contributed by atoms with Gasteiger partial charge in [0.1, 0.15) is 5.78 Å². The zero-order chi connectivity index (χ0) is 14.3. The van der Waals surface area contributed by atoms with Crippen molar-refractivity contribution in [2.45, 2.75) is 58.8 Å². The Morgan fingerprint density at radius 3 is 2.80 bits per heavy atom. The first-order valence-electron chi connectivity index (χ1n) is 8.21. The van der Waals surface area contributed by atoms with Gasteiger partial charge in [-0.25, -0.2) is 0 Å². The average Bonchev–Trinajstić information content (AvgIpc) is 3.17. The van der Waals surface area contributed by atoms with Crippen LogP contribution in [0.1, 0.15) is 58.8 Å². The third-order valence-corrected chi connectivity index (χ3v) is 6.07. The highest BCUT2D eigenvalue weighted by Crippen LogP contribution is 2.56. The Hall–Kier alpha value is -0.860. The molecule has 3 nitrogen and oxygen atoms in total. The number of fused-ring (bicyclic) bond motifs is 1. The number of hydrogen-bond acceptors (Lipinski definition) is 3. The van der Waals surface area contributed by atoms with Crippen LogP contribution in [-0.2, 0) is 14.3 Å². The fourth-order valence-corrected chi connectivity index (χ4v) is 4.57. The molecule has 0 radical (unpaired) electrons. The zero-order valence-electron chi connectivity index (χ0n) is 12.7. The molecule has 20 heavy (non-hydrogen) atoms. The summed E-state index contributed by atoms with van der Waals surface area (Å²) in [5, 5.41) is 0. The van der Waals surface area contributed by atoms with Crippen LogP contribution in [0.5, 0.6) is 0 Å². The van der Waals surface area contributed by atoms with E-state index in [1.54, 1.807) is 0 Å². The smallest absolute Gasteiger partial charge is 0.308 e. The Bertz CT molecular complexity index is 412. The second kappa shape index (κ2) is 5.16. The monoisotopic (exact) mass is 278 g/mol. The van der Waals surface area contributed by atoms with E-state index >= 15 is 0 Å². The minimum absolute atomic E-state index is 0.0351. The van der Waals surface area contributed by atoms with Crippen molar-refractivity contribution in [1.29, 1.82) is 0 Å². The van der Waals surface area contributed by atoms with E-state index in [0.29, 0.717) is 24.2 Å². The molecule has 112 valence electrons. The van der Waals surface area contributed by atoms with Crippen LogP contribution in [0.4, 0.5) is 0 Å². The lowest BCUT2D eigenvalue weighted by atomic mass is 9.62. The predicted octanol–water partition coefficient (Wildman–Crippen LogP) is 3.36. The second-order valence-electron chi connectivity index (χ2n) is 7.42. The average molecular weight is 278 g/mol. The predicted molar refractivity (Wildman–Crippen MR) is 76.0 cm³/mol. The van der Waals surface area contributed by atoms with Crippen LogP contribution in [0.2, 0.25) is 0 Å². The summed E-state index contributed by atoms with van der Waals surface area (Å²) in [5.41, 5.74) is 0.0351. The van der Waals surface area contributed by atoms with Gasteiger partial charge in [0.2, 0.25) is 0 Å². The summed E-state index contributed by atoms with van der Waals surface area (Å²) in [4.78, 5) is 24.4. The van der Waals surface area contributed by atoms with E-state index in [2.05, 4.69) is 6.92 Å². The highest BCUT2D eigenvalue weighted by molar-refractivity contribution is 5.83. The quantitative estimate of drug-likeness (QED) is 0.741. The molecule has 0 N–H and O–H groups in total. The van der Waals surface area contributed by atoms with Crippen LogP contribution in [0.15, 0.2) is 0 Å². The lowest BCUT2D eigenvalue weighted by Gasteiger charge is -2.41. The van der Waals surface area contributed by atoms with Gasteiger partial charge in [-0.3, -0.25) is 9.59 Å². The zero-order valence-corrected chi connectivity index (χ0v) is 12.7. The molecule has 0 aromatic carbocycles. The van der Waals surface area contributed by atoms with Gasteiger partial charge in [0.15, 0.2) is 0 Å². The normalized spacial score (nSPS) is 38.4.